The molecular formula is C6H11NO3S3. The fraction of sp³-hybridized carbons (Fsp3) is 0.500. The van der Waals surface area contributed by atoms with Crippen molar-refractivity contribution in [3.05, 3.63) is 11.5 Å². The highest BCUT2D eigenvalue weighted by Gasteiger charge is 1.98. The fourth-order valence-corrected chi connectivity index (χ4v) is 1.67. The van der Waals surface area contributed by atoms with Crippen molar-refractivity contribution < 1.29 is 13.0 Å². The van der Waals surface area contributed by atoms with E-state index in [0.29, 0.717) is 10.1 Å². The van der Waals surface area contributed by atoms with Gasteiger partial charge in [-0.1, -0.05) is 30.1 Å². The van der Waals surface area contributed by atoms with Crippen molar-refractivity contribution in [2.24, 2.45) is 0 Å². The van der Waals surface area contributed by atoms with Crippen molar-refractivity contribution in [2.75, 3.05) is 19.8 Å². The second-order valence-electron chi connectivity index (χ2n) is 2.36. The molecule has 0 aliphatic heterocycles. The Morgan fingerprint density at radius 2 is 2.15 bits per heavy atom. The second-order valence-corrected chi connectivity index (χ2v) is 5.31. The van der Waals surface area contributed by atoms with Crippen LogP contribution in [-0.4, -0.2) is 42.0 Å². The molecule has 0 bridgehead atoms. The van der Waals surface area contributed by atoms with Gasteiger partial charge >= 0.3 is 0 Å². The van der Waals surface area contributed by atoms with Crippen molar-refractivity contribution in [3.63, 3.8) is 0 Å². The van der Waals surface area contributed by atoms with Gasteiger partial charge in [-0.3, -0.25) is 4.55 Å². The summed E-state index contributed by atoms with van der Waals surface area (Å²) in [6, 6.07) is 0. The largest absolute Gasteiger partial charge is 0.364 e. The normalized spacial score (nSPS) is 11.9. The van der Waals surface area contributed by atoms with Gasteiger partial charge in [0.15, 0.2) is 0 Å². The van der Waals surface area contributed by atoms with Crippen LogP contribution in [0.1, 0.15) is 0 Å². The smallest absolute Gasteiger partial charge is 0.287 e. The molecule has 0 amide bonds. The first-order valence-corrected chi connectivity index (χ1v) is 6.21. The van der Waals surface area contributed by atoms with Crippen LogP contribution in [0.4, 0.5) is 0 Å². The number of hydrogen-bond donors (Lipinski definition) is 1. The quantitative estimate of drug-likeness (QED) is 0.587. The molecular weight excluding hydrogens is 230 g/mol. The minimum Gasteiger partial charge on any atom is -0.364 e. The molecule has 4 nitrogen and oxygen atoms in total. The Kier molecular flexibility index (Phi) is 5.54. The van der Waals surface area contributed by atoms with Gasteiger partial charge in [0.25, 0.3) is 10.1 Å². The zero-order chi connectivity index (χ0) is 10.5. The Labute approximate surface area is 87.7 Å². The average molecular weight is 241 g/mol. The van der Waals surface area contributed by atoms with Gasteiger partial charge in [-0.05, 0) is 0 Å². The summed E-state index contributed by atoms with van der Waals surface area (Å²) < 4.78 is 29.4. The Morgan fingerprint density at radius 3 is 2.54 bits per heavy atom. The van der Waals surface area contributed by atoms with E-state index in [-0.39, 0.29) is 0 Å². The van der Waals surface area contributed by atoms with Crippen molar-refractivity contribution in [2.45, 2.75) is 0 Å². The van der Waals surface area contributed by atoms with Gasteiger partial charge < -0.3 is 4.90 Å². The highest BCUT2D eigenvalue weighted by Crippen LogP contribution is 2.06. The highest BCUT2D eigenvalue weighted by molar-refractivity contribution is 8.23. The maximum atomic E-state index is 10.2. The van der Waals surface area contributed by atoms with Gasteiger partial charge in [0, 0.05) is 19.8 Å². The van der Waals surface area contributed by atoms with Gasteiger partial charge in [0.1, 0.15) is 4.32 Å². The minimum atomic E-state index is -3.99. The molecule has 0 atom stereocenters. The molecule has 0 radical (unpaired) electrons. The molecule has 0 aromatic rings. The van der Waals surface area contributed by atoms with Gasteiger partial charge in [-0.2, -0.15) is 8.42 Å². The summed E-state index contributed by atoms with van der Waals surface area (Å²) in [6.07, 6.45) is 1.34. The van der Waals surface area contributed by atoms with Crippen LogP contribution in [0.25, 0.3) is 0 Å². The molecule has 0 heterocycles. The Bertz CT molecular complexity index is 294. The number of hydrogen-bond acceptors (Lipinski definition) is 4. The van der Waals surface area contributed by atoms with Crippen LogP contribution in [0.2, 0.25) is 0 Å². The predicted octanol–water partition coefficient (Wildman–Crippen LogP) is 0.968. The molecule has 0 unspecified atom stereocenters. The van der Waals surface area contributed by atoms with E-state index in [1.807, 2.05) is 14.1 Å². The van der Waals surface area contributed by atoms with Gasteiger partial charge in [0.2, 0.25) is 0 Å². The van der Waals surface area contributed by atoms with Gasteiger partial charge in [-0.25, -0.2) is 0 Å². The molecule has 0 saturated heterocycles. The maximum Gasteiger partial charge on any atom is 0.287 e. The van der Waals surface area contributed by atoms with Crippen LogP contribution >= 0.6 is 24.0 Å². The van der Waals surface area contributed by atoms with Crippen molar-refractivity contribution in [1.29, 1.82) is 0 Å². The summed E-state index contributed by atoms with van der Waals surface area (Å²) in [7, 11) is -0.378. The second kappa shape index (κ2) is 5.58. The summed E-state index contributed by atoms with van der Waals surface area (Å²) in [5.74, 6) is 0.427. The van der Waals surface area contributed by atoms with Crippen LogP contribution in [-0.2, 0) is 10.1 Å². The van der Waals surface area contributed by atoms with E-state index < -0.39 is 10.1 Å². The lowest BCUT2D eigenvalue weighted by Gasteiger charge is -2.10. The van der Waals surface area contributed by atoms with E-state index in [1.54, 1.807) is 4.90 Å². The van der Waals surface area contributed by atoms with Crippen LogP contribution in [0.15, 0.2) is 11.5 Å². The lowest BCUT2D eigenvalue weighted by atomic mass is 10.8. The van der Waals surface area contributed by atoms with E-state index in [1.165, 1.54) is 17.8 Å². The number of nitrogens with zero attached hydrogens (tertiary/aromatic N) is 1. The van der Waals surface area contributed by atoms with Gasteiger partial charge in [-0.15, -0.1) is 0 Å². The standard InChI is InChI=1S/C6H11NO3S3/c1-7(2)6(11)12-4-3-5-13(8,9)10/h3,5H,4H2,1-2H3,(H,8,9,10)/b5-3-. The molecule has 7 heteroatoms. The van der Waals surface area contributed by atoms with Crippen LogP contribution in [0, 0.1) is 0 Å². The third-order valence-corrected chi connectivity index (χ3v) is 3.16. The average Bonchev–Trinajstić information content (AvgIpc) is 1.95. The van der Waals surface area contributed by atoms with Crippen LogP contribution in [0.5, 0.6) is 0 Å². The van der Waals surface area contributed by atoms with E-state index in [0.717, 1.165) is 5.41 Å². The lowest BCUT2D eigenvalue weighted by molar-refractivity contribution is 0.494. The highest BCUT2D eigenvalue weighted by atomic mass is 32.2. The molecule has 0 rings (SSSR count). The zero-order valence-corrected chi connectivity index (χ0v) is 9.75. The Hall–Kier alpha value is -0.110. The molecule has 0 aliphatic rings. The predicted molar refractivity (Wildman–Crippen MR) is 59.4 cm³/mol. The summed E-state index contributed by atoms with van der Waals surface area (Å²) in [6.45, 7) is 0. The summed E-state index contributed by atoms with van der Waals surface area (Å²) in [5, 5.41) is 0.748. The molecule has 1 N–H and O–H groups in total. The number of rotatable bonds is 3. The third-order valence-electron chi connectivity index (χ3n) is 0.936. The molecule has 0 spiro atoms. The molecule has 76 valence electrons. The lowest BCUT2D eigenvalue weighted by Crippen LogP contribution is -2.16. The SMILES string of the molecule is CN(C)C(=S)SC/C=C\S(=O)(=O)O. The monoisotopic (exact) mass is 241 g/mol. The fourth-order valence-electron chi connectivity index (χ4n) is 0.409. The first-order valence-electron chi connectivity index (χ1n) is 3.31. The minimum absolute atomic E-state index is 0.427. The first-order chi connectivity index (χ1) is 5.83. The van der Waals surface area contributed by atoms with Crippen molar-refractivity contribution >= 4 is 38.4 Å². The molecule has 13 heavy (non-hydrogen) atoms. The van der Waals surface area contributed by atoms with E-state index in [2.05, 4.69) is 0 Å². The van der Waals surface area contributed by atoms with E-state index >= 15 is 0 Å². The topological polar surface area (TPSA) is 57.6 Å². The molecule has 0 aromatic carbocycles. The Morgan fingerprint density at radius 1 is 1.62 bits per heavy atom. The van der Waals surface area contributed by atoms with E-state index in [4.69, 9.17) is 16.8 Å². The Balaban J connectivity index is 3.82. The van der Waals surface area contributed by atoms with Crippen molar-refractivity contribution in [1.82, 2.24) is 4.90 Å². The molecule has 0 aromatic heterocycles. The third kappa shape index (κ3) is 8.23. The zero-order valence-electron chi connectivity index (χ0n) is 7.30. The number of thioether (sulfide) groups is 1. The molecule has 0 saturated carbocycles. The van der Waals surface area contributed by atoms with E-state index in [9.17, 15) is 8.42 Å². The van der Waals surface area contributed by atoms with Crippen LogP contribution < -0.4 is 0 Å². The summed E-state index contributed by atoms with van der Waals surface area (Å²) in [4.78, 5) is 1.75. The summed E-state index contributed by atoms with van der Waals surface area (Å²) in [5.41, 5.74) is 0. The van der Waals surface area contributed by atoms with Crippen molar-refractivity contribution in [3.8, 4) is 0 Å². The van der Waals surface area contributed by atoms with Crippen LogP contribution in [0.3, 0.4) is 0 Å². The first kappa shape index (κ1) is 12.9. The molecule has 0 aliphatic carbocycles. The number of thiocarbonyl (C=S) groups is 1. The van der Waals surface area contributed by atoms with Gasteiger partial charge in [0.05, 0.1) is 5.41 Å². The maximum absolute atomic E-state index is 10.2. The summed E-state index contributed by atoms with van der Waals surface area (Å²) >= 11 is 6.25. The molecule has 0 fully saturated rings.